The van der Waals surface area contributed by atoms with Gasteiger partial charge in [-0.1, -0.05) is 30.3 Å². The normalized spacial score (nSPS) is 10.7. The van der Waals surface area contributed by atoms with Crippen molar-refractivity contribution < 1.29 is 28.2 Å². The van der Waals surface area contributed by atoms with Crippen LogP contribution in [0.1, 0.15) is 27.2 Å². The Morgan fingerprint density at radius 2 is 1.72 bits per heavy atom. The van der Waals surface area contributed by atoms with E-state index in [0.717, 1.165) is 0 Å². The minimum atomic E-state index is -0.982. The van der Waals surface area contributed by atoms with Gasteiger partial charge in [-0.05, 0) is 42.8 Å². The van der Waals surface area contributed by atoms with E-state index in [-0.39, 0.29) is 24.6 Å². The van der Waals surface area contributed by atoms with Gasteiger partial charge in [0, 0.05) is 17.2 Å². The van der Waals surface area contributed by atoms with Crippen LogP contribution in [0.15, 0.2) is 77.4 Å². The Hall–Kier alpha value is -4.13. The molecule has 0 aliphatic heterocycles. The highest BCUT2D eigenvalue weighted by Crippen LogP contribution is 2.24. The highest BCUT2D eigenvalue weighted by molar-refractivity contribution is 5.91. The molecule has 1 heterocycles. The zero-order valence-corrected chi connectivity index (χ0v) is 17.2. The van der Waals surface area contributed by atoms with E-state index in [9.17, 15) is 14.3 Å². The molecule has 1 aromatic heterocycles. The summed E-state index contributed by atoms with van der Waals surface area (Å²) in [6.45, 7) is 2.03. The van der Waals surface area contributed by atoms with Crippen LogP contribution in [-0.4, -0.2) is 16.1 Å². The number of aromatic carboxylic acids is 1. The van der Waals surface area contributed by atoms with Crippen LogP contribution < -0.4 is 9.47 Å². The van der Waals surface area contributed by atoms with Gasteiger partial charge in [0.05, 0.1) is 5.56 Å². The van der Waals surface area contributed by atoms with Crippen LogP contribution >= 0.6 is 0 Å². The minimum Gasteiger partial charge on any atom is -0.489 e. The maximum Gasteiger partial charge on any atom is 0.336 e. The molecule has 3 aromatic carbocycles. The third kappa shape index (κ3) is 4.95. The van der Waals surface area contributed by atoms with Crippen molar-refractivity contribution in [3.05, 3.63) is 101 Å². The summed E-state index contributed by atoms with van der Waals surface area (Å²) in [4.78, 5) is 15.9. The van der Waals surface area contributed by atoms with Gasteiger partial charge in [-0.15, -0.1) is 0 Å². The van der Waals surface area contributed by atoms with Gasteiger partial charge in [0.25, 0.3) is 0 Å². The number of aryl methyl sites for hydroxylation is 1. The lowest BCUT2D eigenvalue weighted by molar-refractivity contribution is 0.0693. The summed E-state index contributed by atoms with van der Waals surface area (Å²) < 4.78 is 30.4. The zero-order valence-electron chi connectivity index (χ0n) is 17.2. The fraction of sp³-hybridized carbons (Fsp3) is 0.120. The number of hydrogen-bond donors (Lipinski definition) is 1. The number of hydrogen-bond acceptors (Lipinski definition) is 5. The number of benzene rings is 3. The van der Waals surface area contributed by atoms with Crippen molar-refractivity contribution in [2.24, 2.45) is 0 Å². The van der Waals surface area contributed by atoms with E-state index >= 15 is 0 Å². The summed E-state index contributed by atoms with van der Waals surface area (Å²) in [5.74, 6) is 0.0643. The molecule has 4 rings (SSSR count). The molecular weight excluding hydrogens is 413 g/mol. The SMILES string of the molecule is Cc1cccc(COc2cccc(OCc3coc(-c4cccc(F)c4)n3)c2)c1C(=O)O. The van der Waals surface area contributed by atoms with Crippen molar-refractivity contribution in [2.75, 3.05) is 0 Å². The molecule has 6 nitrogen and oxygen atoms in total. The van der Waals surface area contributed by atoms with Crippen molar-refractivity contribution in [3.63, 3.8) is 0 Å². The number of halogens is 1. The first-order valence-electron chi connectivity index (χ1n) is 9.87. The van der Waals surface area contributed by atoms with Gasteiger partial charge in [-0.2, -0.15) is 0 Å². The molecule has 0 fully saturated rings. The first kappa shape index (κ1) is 21.1. The Kier molecular flexibility index (Phi) is 6.17. The van der Waals surface area contributed by atoms with E-state index in [4.69, 9.17) is 13.9 Å². The summed E-state index contributed by atoms with van der Waals surface area (Å²) in [5.41, 5.74) is 2.63. The average Bonchev–Trinajstić information content (AvgIpc) is 3.25. The smallest absolute Gasteiger partial charge is 0.336 e. The quantitative estimate of drug-likeness (QED) is 0.387. The minimum absolute atomic E-state index is 0.118. The fourth-order valence-corrected chi connectivity index (χ4v) is 3.25. The number of rotatable bonds is 8. The van der Waals surface area contributed by atoms with Crippen molar-refractivity contribution in [2.45, 2.75) is 20.1 Å². The van der Waals surface area contributed by atoms with Gasteiger partial charge in [-0.25, -0.2) is 14.2 Å². The number of oxazole rings is 1. The molecule has 0 amide bonds. The molecule has 32 heavy (non-hydrogen) atoms. The molecule has 0 saturated carbocycles. The predicted octanol–water partition coefficient (Wildman–Crippen LogP) is 5.65. The molecule has 0 spiro atoms. The second kappa shape index (κ2) is 9.34. The van der Waals surface area contributed by atoms with E-state index < -0.39 is 5.97 Å². The highest BCUT2D eigenvalue weighted by atomic mass is 19.1. The Morgan fingerprint density at radius 3 is 2.47 bits per heavy atom. The van der Waals surface area contributed by atoms with Gasteiger partial charge >= 0.3 is 5.97 Å². The first-order valence-corrected chi connectivity index (χ1v) is 9.87. The number of carboxylic acids is 1. The maximum atomic E-state index is 13.4. The topological polar surface area (TPSA) is 81.8 Å². The third-order valence-electron chi connectivity index (χ3n) is 4.78. The van der Waals surface area contributed by atoms with Crippen LogP contribution in [-0.2, 0) is 13.2 Å². The summed E-state index contributed by atoms with van der Waals surface area (Å²) in [6, 6.07) is 18.3. The van der Waals surface area contributed by atoms with E-state index in [1.807, 2.05) is 0 Å². The molecule has 4 aromatic rings. The summed E-state index contributed by atoms with van der Waals surface area (Å²) >= 11 is 0. The largest absolute Gasteiger partial charge is 0.489 e. The molecule has 0 aliphatic rings. The standard InChI is InChI=1S/C25H20FNO5/c1-16-5-2-7-18(23(16)25(28)29)13-30-21-9-4-10-22(12-21)31-14-20-15-32-24(27-20)17-6-3-8-19(26)11-17/h2-12,15H,13-14H2,1H3,(H,28,29). The summed E-state index contributed by atoms with van der Waals surface area (Å²) in [6.07, 6.45) is 1.46. The zero-order chi connectivity index (χ0) is 22.5. The Balaban J connectivity index is 1.39. The highest BCUT2D eigenvalue weighted by Gasteiger charge is 2.13. The number of ether oxygens (including phenoxy) is 2. The Labute approximate surface area is 183 Å². The molecule has 1 N–H and O–H groups in total. The maximum absolute atomic E-state index is 13.4. The van der Waals surface area contributed by atoms with E-state index in [1.165, 1.54) is 18.4 Å². The van der Waals surface area contributed by atoms with E-state index in [2.05, 4.69) is 4.98 Å². The second-order valence-corrected chi connectivity index (χ2v) is 7.12. The molecular formula is C25H20FNO5. The first-order chi connectivity index (χ1) is 15.5. The van der Waals surface area contributed by atoms with Crippen molar-refractivity contribution >= 4 is 5.97 Å². The number of carbonyl (C=O) groups is 1. The fourth-order valence-electron chi connectivity index (χ4n) is 3.25. The molecule has 0 unspecified atom stereocenters. The number of nitrogens with zero attached hydrogens (tertiary/aromatic N) is 1. The van der Waals surface area contributed by atoms with Crippen LogP contribution in [0.4, 0.5) is 4.39 Å². The molecule has 0 bridgehead atoms. The molecule has 0 atom stereocenters. The summed E-state index contributed by atoms with van der Waals surface area (Å²) in [7, 11) is 0. The molecule has 0 radical (unpaired) electrons. The lowest BCUT2D eigenvalue weighted by atomic mass is 10.0. The van der Waals surface area contributed by atoms with Gasteiger partial charge in [-0.3, -0.25) is 0 Å². The second-order valence-electron chi connectivity index (χ2n) is 7.12. The van der Waals surface area contributed by atoms with Crippen LogP contribution in [0.25, 0.3) is 11.5 Å². The third-order valence-corrected chi connectivity index (χ3v) is 4.78. The van der Waals surface area contributed by atoms with Crippen molar-refractivity contribution in [1.29, 1.82) is 0 Å². The molecule has 162 valence electrons. The van der Waals surface area contributed by atoms with Crippen LogP contribution in [0.5, 0.6) is 11.5 Å². The monoisotopic (exact) mass is 433 g/mol. The summed E-state index contributed by atoms with van der Waals surface area (Å²) in [5, 5.41) is 9.45. The van der Waals surface area contributed by atoms with Crippen LogP contribution in [0.3, 0.4) is 0 Å². The Morgan fingerprint density at radius 1 is 1.00 bits per heavy atom. The van der Waals surface area contributed by atoms with Crippen molar-refractivity contribution in [1.82, 2.24) is 4.98 Å². The molecule has 0 saturated heterocycles. The van der Waals surface area contributed by atoms with Gasteiger partial charge in [0.2, 0.25) is 5.89 Å². The van der Waals surface area contributed by atoms with E-state index in [0.29, 0.717) is 39.8 Å². The molecule has 7 heteroatoms. The van der Waals surface area contributed by atoms with E-state index in [1.54, 1.807) is 61.5 Å². The lowest BCUT2D eigenvalue weighted by Gasteiger charge is -2.12. The van der Waals surface area contributed by atoms with Gasteiger partial charge in [0.15, 0.2) is 0 Å². The van der Waals surface area contributed by atoms with Crippen LogP contribution in [0.2, 0.25) is 0 Å². The van der Waals surface area contributed by atoms with Gasteiger partial charge in [0.1, 0.15) is 42.5 Å². The number of carboxylic acid groups (broad SMARTS) is 1. The van der Waals surface area contributed by atoms with Gasteiger partial charge < -0.3 is 19.0 Å². The van der Waals surface area contributed by atoms with Crippen LogP contribution in [0, 0.1) is 12.7 Å². The average molecular weight is 433 g/mol. The molecule has 0 aliphatic carbocycles. The Bertz CT molecular complexity index is 1250. The predicted molar refractivity (Wildman–Crippen MR) is 115 cm³/mol. The van der Waals surface area contributed by atoms with Crippen molar-refractivity contribution in [3.8, 4) is 23.0 Å². The lowest BCUT2D eigenvalue weighted by Crippen LogP contribution is -2.07. The number of aromatic nitrogens is 1.